The monoisotopic (exact) mass is 236 g/mol. The lowest BCUT2D eigenvalue weighted by Gasteiger charge is -1.84. The zero-order valence-corrected chi connectivity index (χ0v) is 9.31. The van der Waals surface area contributed by atoms with Crippen molar-refractivity contribution in [1.82, 2.24) is 10.2 Å². The topological polar surface area (TPSA) is 103 Å². The molecule has 0 fully saturated rings. The first-order valence-corrected chi connectivity index (χ1v) is 5.20. The first-order chi connectivity index (χ1) is 8.70. The molecule has 1 aliphatic rings. The van der Waals surface area contributed by atoms with Gasteiger partial charge in [0, 0.05) is 5.22 Å². The largest absolute Gasteiger partial charge is 0.382 e. The van der Waals surface area contributed by atoms with Crippen LogP contribution >= 0.6 is 0 Å². The number of nitriles is 1. The summed E-state index contributed by atoms with van der Waals surface area (Å²) in [6.07, 6.45) is 0. The second-order valence-corrected chi connectivity index (χ2v) is 3.79. The summed E-state index contributed by atoms with van der Waals surface area (Å²) in [6.45, 7) is 3.81. The van der Waals surface area contributed by atoms with Crippen molar-refractivity contribution < 1.29 is 0 Å². The van der Waals surface area contributed by atoms with Gasteiger partial charge in [-0.25, -0.2) is 9.98 Å². The predicted octanol–water partition coefficient (Wildman–Crippen LogP) is -1.71. The second kappa shape index (κ2) is 3.53. The summed E-state index contributed by atoms with van der Waals surface area (Å²) < 4.78 is 0. The van der Waals surface area contributed by atoms with E-state index >= 15 is 0 Å². The first kappa shape index (κ1) is 10.2. The molecule has 0 spiro atoms. The van der Waals surface area contributed by atoms with Gasteiger partial charge in [0.1, 0.15) is 16.8 Å². The fourth-order valence-corrected chi connectivity index (χ4v) is 1.75. The molecule has 6 heteroatoms. The summed E-state index contributed by atoms with van der Waals surface area (Å²) >= 11 is 0. The lowest BCUT2D eigenvalue weighted by atomic mass is 10.2. The Hall–Kier alpha value is -2.94. The number of nitrogens with two attached hydrogens (primary N) is 1. The Morgan fingerprint density at radius 3 is 2.83 bits per heavy atom. The molecule has 0 amide bonds. The first-order valence-electron chi connectivity index (χ1n) is 5.20. The molecule has 0 saturated carbocycles. The molecule has 18 heavy (non-hydrogen) atoms. The second-order valence-electron chi connectivity index (χ2n) is 3.79. The summed E-state index contributed by atoms with van der Waals surface area (Å²) in [7, 11) is 0. The molecule has 1 aromatic heterocycles. The van der Waals surface area contributed by atoms with Gasteiger partial charge in [0.25, 0.3) is 0 Å². The minimum atomic E-state index is 0.319. The SMILES string of the molecule is C=c1c(N)n[nH]c1=C1N=c2cccc(C#N)c2=N1. The fraction of sp³-hybridized carbons (Fsp3) is 0. The fourth-order valence-electron chi connectivity index (χ4n) is 1.75. The molecule has 3 N–H and O–H groups in total. The van der Waals surface area contributed by atoms with Gasteiger partial charge in [-0.1, -0.05) is 12.6 Å². The van der Waals surface area contributed by atoms with Crippen molar-refractivity contribution in [2.45, 2.75) is 0 Å². The number of nitrogens with one attached hydrogen (secondary N) is 1. The minimum absolute atomic E-state index is 0.319. The van der Waals surface area contributed by atoms with E-state index in [-0.39, 0.29) is 0 Å². The van der Waals surface area contributed by atoms with E-state index in [1.807, 2.05) is 0 Å². The van der Waals surface area contributed by atoms with E-state index in [9.17, 15) is 0 Å². The molecule has 86 valence electrons. The molecule has 3 rings (SSSR count). The lowest BCUT2D eigenvalue weighted by molar-refractivity contribution is 1.05. The van der Waals surface area contributed by atoms with E-state index in [1.165, 1.54) is 0 Å². The third kappa shape index (κ3) is 1.31. The number of H-pyrrole nitrogens is 1. The van der Waals surface area contributed by atoms with E-state index < -0.39 is 0 Å². The highest BCUT2D eigenvalue weighted by molar-refractivity contribution is 5.48. The Labute approximate surface area is 101 Å². The Balaban J connectivity index is 2.45. The Kier molecular flexibility index (Phi) is 2.01. The van der Waals surface area contributed by atoms with Crippen molar-refractivity contribution in [2.24, 2.45) is 9.98 Å². The van der Waals surface area contributed by atoms with Crippen LogP contribution in [0.25, 0.3) is 12.4 Å². The third-order valence-electron chi connectivity index (χ3n) is 2.70. The maximum atomic E-state index is 9.00. The molecule has 0 radical (unpaired) electrons. The average Bonchev–Trinajstić information content (AvgIpc) is 2.94. The molecule has 0 atom stereocenters. The maximum absolute atomic E-state index is 9.00. The van der Waals surface area contributed by atoms with Crippen LogP contribution in [0.3, 0.4) is 0 Å². The van der Waals surface area contributed by atoms with Gasteiger partial charge in [0.15, 0.2) is 11.6 Å². The molecule has 6 nitrogen and oxygen atoms in total. The van der Waals surface area contributed by atoms with Crippen molar-refractivity contribution in [2.75, 3.05) is 5.73 Å². The van der Waals surface area contributed by atoms with Crippen molar-refractivity contribution in [3.63, 3.8) is 0 Å². The smallest absolute Gasteiger partial charge is 0.179 e. The van der Waals surface area contributed by atoms with Gasteiger partial charge in [-0.05, 0) is 12.1 Å². The molecule has 2 heterocycles. The Bertz CT molecular complexity index is 913. The number of nitrogen functional groups attached to an aromatic ring is 1. The highest BCUT2D eigenvalue weighted by Gasteiger charge is 2.08. The van der Waals surface area contributed by atoms with Crippen LogP contribution in [0.2, 0.25) is 0 Å². The summed E-state index contributed by atoms with van der Waals surface area (Å²) in [5.74, 6) is 0.765. The number of rotatable bonds is 0. The number of anilines is 1. The van der Waals surface area contributed by atoms with Gasteiger partial charge < -0.3 is 5.73 Å². The number of hydrogen-bond acceptors (Lipinski definition) is 5. The molecule has 0 saturated heterocycles. The van der Waals surface area contributed by atoms with E-state index in [0.717, 1.165) is 0 Å². The van der Waals surface area contributed by atoms with Crippen molar-refractivity contribution >= 4 is 18.2 Å². The van der Waals surface area contributed by atoms with Gasteiger partial charge in [-0.3, -0.25) is 5.10 Å². The molecule has 2 aromatic rings. The molecule has 1 aliphatic heterocycles. The quantitative estimate of drug-likeness (QED) is 0.569. The summed E-state index contributed by atoms with van der Waals surface area (Å²) in [4.78, 5) is 8.66. The van der Waals surface area contributed by atoms with Crippen LogP contribution in [0.15, 0.2) is 28.2 Å². The van der Waals surface area contributed by atoms with Gasteiger partial charge in [-0.2, -0.15) is 10.4 Å². The van der Waals surface area contributed by atoms with Crippen LogP contribution in [0, 0.1) is 11.3 Å². The molecule has 0 bridgehead atoms. The zero-order chi connectivity index (χ0) is 12.7. The molecular weight excluding hydrogens is 228 g/mol. The number of hydrogen-bond donors (Lipinski definition) is 2. The minimum Gasteiger partial charge on any atom is -0.382 e. The van der Waals surface area contributed by atoms with Crippen LogP contribution in [0.1, 0.15) is 5.56 Å². The van der Waals surface area contributed by atoms with Crippen LogP contribution in [-0.4, -0.2) is 10.2 Å². The Morgan fingerprint density at radius 1 is 1.33 bits per heavy atom. The van der Waals surface area contributed by atoms with Gasteiger partial charge in [0.05, 0.1) is 10.9 Å². The number of fused-ring (bicyclic) bond motifs is 1. The van der Waals surface area contributed by atoms with Crippen LogP contribution < -0.4 is 27.0 Å². The molecule has 0 unspecified atom stereocenters. The number of aromatic amines is 1. The van der Waals surface area contributed by atoms with Gasteiger partial charge in [-0.15, -0.1) is 0 Å². The number of benzene rings is 1. The zero-order valence-electron chi connectivity index (χ0n) is 9.31. The Morgan fingerprint density at radius 2 is 2.17 bits per heavy atom. The van der Waals surface area contributed by atoms with E-state index in [2.05, 4.69) is 32.8 Å². The lowest BCUT2D eigenvalue weighted by Crippen LogP contribution is -2.24. The van der Waals surface area contributed by atoms with Gasteiger partial charge >= 0.3 is 0 Å². The highest BCUT2D eigenvalue weighted by atomic mass is 15.2. The normalized spacial score (nSPS) is 15.5. The van der Waals surface area contributed by atoms with Crippen LogP contribution in [0.5, 0.6) is 0 Å². The molecule has 0 aliphatic carbocycles. The van der Waals surface area contributed by atoms with Crippen molar-refractivity contribution in [3.05, 3.63) is 45.0 Å². The number of para-hydroxylation sites is 1. The standard InChI is InChI=1S/C12H8N6/c1-6-9(17-18-11(6)14)12-15-8-4-2-3-7(5-13)10(8)16-12/h2-4,17H,1H2,(H2,14,18). The molecular formula is C12H8N6. The highest BCUT2D eigenvalue weighted by Crippen LogP contribution is 1.99. The van der Waals surface area contributed by atoms with E-state index in [0.29, 0.717) is 38.5 Å². The van der Waals surface area contributed by atoms with Crippen LogP contribution in [-0.2, 0) is 0 Å². The van der Waals surface area contributed by atoms with E-state index in [4.69, 9.17) is 11.0 Å². The number of nitrogens with zero attached hydrogens (tertiary/aromatic N) is 4. The summed E-state index contributed by atoms with van der Waals surface area (Å²) in [6, 6.07) is 7.36. The predicted molar refractivity (Wildman–Crippen MR) is 64.6 cm³/mol. The molecule has 1 aromatic carbocycles. The van der Waals surface area contributed by atoms with Crippen LogP contribution in [0.4, 0.5) is 5.82 Å². The van der Waals surface area contributed by atoms with Crippen molar-refractivity contribution in [3.8, 4) is 6.07 Å². The maximum Gasteiger partial charge on any atom is 0.179 e. The van der Waals surface area contributed by atoms with Crippen molar-refractivity contribution in [1.29, 1.82) is 5.26 Å². The number of aromatic nitrogens is 2. The van der Waals surface area contributed by atoms with E-state index in [1.54, 1.807) is 18.2 Å². The average molecular weight is 236 g/mol. The van der Waals surface area contributed by atoms with Gasteiger partial charge in [0.2, 0.25) is 0 Å². The third-order valence-corrected chi connectivity index (χ3v) is 2.70. The summed E-state index contributed by atoms with van der Waals surface area (Å²) in [5.41, 5.74) is 6.11. The summed E-state index contributed by atoms with van der Waals surface area (Å²) in [5, 5.41) is 18.0.